The van der Waals surface area contributed by atoms with Gasteiger partial charge in [-0.3, -0.25) is 4.57 Å². The van der Waals surface area contributed by atoms with E-state index < -0.39 is 0 Å². The molecule has 0 aliphatic rings. The monoisotopic (exact) mass is 702 g/mol. The highest BCUT2D eigenvalue weighted by Gasteiger charge is 2.24. The third-order valence-corrected chi connectivity index (χ3v) is 11.1. The maximum atomic E-state index is 6.44. The van der Waals surface area contributed by atoms with Crippen LogP contribution in [0.1, 0.15) is 0 Å². The first kappa shape index (κ1) is 30.0. The minimum atomic E-state index is 0.636. The van der Waals surface area contributed by atoms with Crippen LogP contribution in [-0.4, -0.2) is 19.1 Å². The van der Waals surface area contributed by atoms with E-state index in [4.69, 9.17) is 14.4 Å². The second kappa shape index (κ2) is 11.5. The van der Waals surface area contributed by atoms with Crippen LogP contribution in [0.2, 0.25) is 0 Å². The maximum absolute atomic E-state index is 6.44. The molecule has 0 amide bonds. The van der Waals surface area contributed by atoms with Gasteiger partial charge in [-0.2, -0.15) is 0 Å². The van der Waals surface area contributed by atoms with E-state index in [1.165, 1.54) is 21.9 Å². The van der Waals surface area contributed by atoms with Gasteiger partial charge >= 0.3 is 0 Å². The van der Waals surface area contributed by atoms with Gasteiger partial charge in [-0.15, -0.1) is 0 Å². The van der Waals surface area contributed by atoms with Crippen molar-refractivity contribution in [2.45, 2.75) is 0 Å². The molecule has 0 saturated heterocycles. The van der Waals surface area contributed by atoms with E-state index in [0.717, 1.165) is 82.6 Å². The normalized spacial score (nSPS) is 12.0. The van der Waals surface area contributed by atoms with Gasteiger partial charge in [-0.05, 0) is 59.7 Å². The zero-order valence-corrected chi connectivity index (χ0v) is 29.5. The van der Waals surface area contributed by atoms with Gasteiger partial charge in [0.15, 0.2) is 0 Å². The van der Waals surface area contributed by atoms with E-state index in [0.29, 0.717) is 5.95 Å². The smallest absolute Gasteiger partial charge is 0.235 e. The van der Waals surface area contributed by atoms with Crippen molar-refractivity contribution >= 4 is 76.5 Å². The lowest BCUT2D eigenvalue weighted by molar-refractivity contribution is 0.669. The molecular formula is C50H30N4O. The lowest BCUT2D eigenvalue weighted by Gasteiger charge is -2.12. The largest absolute Gasteiger partial charge is 0.456 e. The second-order valence-electron chi connectivity index (χ2n) is 14.1. The van der Waals surface area contributed by atoms with Crippen molar-refractivity contribution in [3.8, 4) is 34.0 Å². The SMILES string of the molecule is c1ccc(-c2ccc(-c3nc(-n4c5ccccc5c5c4ccc4c6ccc7oc8ccccc8c7c6n(-c6ccccc6)c45)nc4ccccc34)cc2)cc1. The molecule has 0 aliphatic heterocycles. The van der Waals surface area contributed by atoms with Gasteiger partial charge < -0.3 is 8.98 Å². The van der Waals surface area contributed by atoms with Crippen LogP contribution in [0, 0.1) is 0 Å². The van der Waals surface area contributed by atoms with Gasteiger partial charge in [0.25, 0.3) is 0 Å². The predicted molar refractivity (Wildman–Crippen MR) is 226 cm³/mol. The third kappa shape index (κ3) is 4.35. The molecule has 0 N–H and O–H groups in total. The Morgan fingerprint density at radius 2 is 0.982 bits per heavy atom. The Morgan fingerprint density at radius 3 is 1.80 bits per heavy atom. The van der Waals surface area contributed by atoms with Crippen molar-refractivity contribution in [3.63, 3.8) is 0 Å². The summed E-state index contributed by atoms with van der Waals surface area (Å²) in [4.78, 5) is 10.7. The first-order chi connectivity index (χ1) is 27.3. The summed E-state index contributed by atoms with van der Waals surface area (Å²) in [5, 5.41) is 7.89. The molecule has 4 aromatic heterocycles. The number of nitrogens with zero attached hydrogens (tertiary/aromatic N) is 4. The van der Waals surface area contributed by atoms with Crippen molar-refractivity contribution in [1.82, 2.24) is 19.1 Å². The second-order valence-corrected chi connectivity index (χ2v) is 14.1. The topological polar surface area (TPSA) is 48.8 Å². The van der Waals surface area contributed by atoms with Crippen molar-refractivity contribution in [1.29, 1.82) is 0 Å². The average Bonchev–Trinajstić information content (AvgIpc) is 3.91. The molecule has 12 aromatic rings. The summed E-state index contributed by atoms with van der Waals surface area (Å²) in [6, 6.07) is 64.1. The van der Waals surface area contributed by atoms with Crippen LogP contribution >= 0.6 is 0 Å². The van der Waals surface area contributed by atoms with E-state index in [2.05, 4.69) is 179 Å². The van der Waals surface area contributed by atoms with Crippen LogP contribution < -0.4 is 0 Å². The molecule has 0 radical (unpaired) electrons. The van der Waals surface area contributed by atoms with Gasteiger partial charge in [0, 0.05) is 43.6 Å². The fourth-order valence-corrected chi connectivity index (χ4v) is 8.74. The number of fused-ring (bicyclic) bond motifs is 12. The summed E-state index contributed by atoms with van der Waals surface area (Å²) >= 11 is 0. The summed E-state index contributed by atoms with van der Waals surface area (Å²) in [6.07, 6.45) is 0. The Morgan fingerprint density at radius 1 is 0.364 bits per heavy atom. The molecule has 0 fully saturated rings. The fourth-order valence-electron chi connectivity index (χ4n) is 8.74. The summed E-state index contributed by atoms with van der Waals surface area (Å²) < 4.78 is 11.1. The number of aromatic nitrogens is 4. The Labute approximate surface area is 315 Å². The summed E-state index contributed by atoms with van der Waals surface area (Å²) in [7, 11) is 0. The molecule has 8 aromatic carbocycles. The van der Waals surface area contributed by atoms with Crippen LogP contribution in [0.3, 0.4) is 0 Å². The van der Waals surface area contributed by atoms with Crippen LogP contribution in [0.15, 0.2) is 186 Å². The van der Waals surface area contributed by atoms with Crippen LogP contribution in [0.4, 0.5) is 0 Å². The minimum absolute atomic E-state index is 0.636. The van der Waals surface area contributed by atoms with Gasteiger partial charge in [0.1, 0.15) is 11.2 Å². The zero-order valence-electron chi connectivity index (χ0n) is 29.5. The minimum Gasteiger partial charge on any atom is -0.456 e. The Kier molecular flexibility index (Phi) is 6.27. The van der Waals surface area contributed by atoms with Crippen molar-refractivity contribution in [2.75, 3.05) is 0 Å². The fraction of sp³-hybridized carbons (Fsp3) is 0. The van der Waals surface area contributed by atoms with Crippen LogP contribution in [-0.2, 0) is 0 Å². The molecule has 0 saturated carbocycles. The Bertz CT molecular complexity index is 3470. The third-order valence-electron chi connectivity index (χ3n) is 11.1. The molecule has 5 nitrogen and oxygen atoms in total. The Hall–Kier alpha value is -7.50. The highest BCUT2D eigenvalue weighted by Crippen LogP contribution is 2.45. The first-order valence-electron chi connectivity index (χ1n) is 18.6. The number of furan rings is 1. The highest BCUT2D eigenvalue weighted by atomic mass is 16.3. The molecule has 0 unspecified atom stereocenters. The molecule has 0 aliphatic carbocycles. The number of benzene rings is 8. The van der Waals surface area contributed by atoms with Crippen LogP contribution in [0.25, 0.3) is 110 Å². The number of para-hydroxylation sites is 4. The van der Waals surface area contributed by atoms with Gasteiger partial charge in [-0.25, -0.2) is 9.97 Å². The molecule has 0 atom stereocenters. The number of rotatable bonds is 4. The van der Waals surface area contributed by atoms with Gasteiger partial charge in [0.05, 0.1) is 38.7 Å². The van der Waals surface area contributed by atoms with Crippen molar-refractivity contribution in [3.05, 3.63) is 182 Å². The van der Waals surface area contributed by atoms with E-state index in [1.807, 2.05) is 12.1 Å². The molecule has 256 valence electrons. The lowest BCUT2D eigenvalue weighted by Crippen LogP contribution is -2.03. The van der Waals surface area contributed by atoms with E-state index in [-0.39, 0.29) is 0 Å². The van der Waals surface area contributed by atoms with E-state index in [9.17, 15) is 0 Å². The summed E-state index contributed by atoms with van der Waals surface area (Å²) in [6.45, 7) is 0. The molecule has 0 spiro atoms. The quantitative estimate of drug-likeness (QED) is 0.183. The van der Waals surface area contributed by atoms with E-state index >= 15 is 0 Å². The lowest BCUT2D eigenvalue weighted by atomic mass is 10.0. The zero-order chi connectivity index (χ0) is 36.0. The molecule has 55 heavy (non-hydrogen) atoms. The van der Waals surface area contributed by atoms with Crippen LogP contribution in [0.5, 0.6) is 0 Å². The molecule has 4 heterocycles. The molecule has 0 bridgehead atoms. The summed E-state index contributed by atoms with van der Waals surface area (Å²) in [5.41, 5.74) is 12.4. The maximum Gasteiger partial charge on any atom is 0.235 e. The average molecular weight is 703 g/mol. The number of hydrogen-bond donors (Lipinski definition) is 0. The molecule has 12 rings (SSSR count). The predicted octanol–water partition coefficient (Wildman–Crippen LogP) is 13.1. The van der Waals surface area contributed by atoms with Gasteiger partial charge in [0.2, 0.25) is 5.95 Å². The van der Waals surface area contributed by atoms with Crippen molar-refractivity contribution in [2.24, 2.45) is 0 Å². The molecular weight excluding hydrogens is 673 g/mol. The van der Waals surface area contributed by atoms with Gasteiger partial charge in [-0.1, -0.05) is 133 Å². The number of hydrogen-bond acceptors (Lipinski definition) is 3. The summed E-state index contributed by atoms with van der Waals surface area (Å²) in [5.74, 6) is 0.636. The molecule has 5 heteroatoms. The first-order valence-corrected chi connectivity index (χ1v) is 18.6. The van der Waals surface area contributed by atoms with E-state index in [1.54, 1.807) is 0 Å². The Balaban J connectivity index is 1.19. The highest BCUT2D eigenvalue weighted by molar-refractivity contribution is 6.30. The van der Waals surface area contributed by atoms with Crippen molar-refractivity contribution < 1.29 is 4.42 Å². The standard InChI is InChI=1S/C50H30N4O/c1-3-13-31(14-4-1)32-23-25-33(26-24-32)47-37-17-7-10-20-40(37)51-50(52-47)54-41-21-11-8-18-38(41)45-42(54)29-27-35-36-28-30-44-46(39-19-9-12-22-43(39)55-44)49(36)53(48(35)45)34-15-5-2-6-16-34/h1-30H.